The Morgan fingerprint density at radius 3 is 2.87 bits per heavy atom. The third kappa shape index (κ3) is 2.10. The summed E-state index contributed by atoms with van der Waals surface area (Å²) in [6.07, 6.45) is 1.82. The maximum absolute atomic E-state index is 5.81. The average molecular weight is 202 g/mol. The van der Waals surface area contributed by atoms with E-state index in [9.17, 15) is 0 Å². The number of hydrogen-bond donors (Lipinski definition) is 3. The summed E-state index contributed by atoms with van der Waals surface area (Å²) in [5.74, 6) is 0. The third-order valence-electron chi connectivity index (χ3n) is 2.36. The quantitative estimate of drug-likeness (QED) is 0.666. The average Bonchev–Trinajstić information content (AvgIpc) is 2.63. The lowest BCUT2D eigenvalue weighted by Crippen LogP contribution is -2.02. The Balaban J connectivity index is 2.06. The number of rotatable bonds is 3. The predicted octanol–water partition coefficient (Wildman–Crippen LogP) is 1.91. The van der Waals surface area contributed by atoms with Gasteiger partial charge < -0.3 is 11.1 Å². The van der Waals surface area contributed by atoms with Crippen molar-refractivity contribution < 1.29 is 0 Å². The van der Waals surface area contributed by atoms with Gasteiger partial charge in [-0.2, -0.15) is 5.10 Å². The zero-order valence-electron chi connectivity index (χ0n) is 8.62. The van der Waals surface area contributed by atoms with E-state index in [1.54, 1.807) is 0 Å². The van der Waals surface area contributed by atoms with Gasteiger partial charge in [-0.15, -0.1) is 0 Å². The number of nitrogens with one attached hydrogen (secondary N) is 2. The highest BCUT2D eigenvalue weighted by Crippen LogP contribution is 2.17. The van der Waals surface area contributed by atoms with E-state index in [4.69, 9.17) is 5.73 Å². The molecule has 0 atom stereocenters. The van der Waals surface area contributed by atoms with Crippen molar-refractivity contribution in [1.29, 1.82) is 0 Å². The van der Waals surface area contributed by atoms with Crippen molar-refractivity contribution in [3.8, 4) is 0 Å². The first-order valence-corrected chi connectivity index (χ1v) is 4.84. The molecule has 4 N–H and O–H groups in total. The molecule has 0 aliphatic rings. The first-order chi connectivity index (χ1) is 7.27. The van der Waals surface area contributed by atoms with Gasteiger partial charge in [0.15, 0.2) is 0 Å². The molecule has 0 bridgehead atoms. The van der Waals surface area contributed by atoms with Crippen LogP contribution in [0.2, 0.25) is 0 Å². The summed E-state index contributed by atoms with van der Waals surface area (Å²) < 4.78 is 0. The highest BCUT2D eigenvalue weighted by atomic mass is 15.1. The van der Waals surface area contributed by atoms with Gasteiger partial charge in [-0.25, -0.2) is 0 Å². The molecule has 0 saturated heterocycles. The molecule has 0 saturated carbocycles. The van der Waals surface area contributed by atoms with Gasteiger partial charge in [0.1, 0.15) is 0 Å². The van der Waals surface area contributed by atoms with Crippen LogP contribution in [-0.2, 0) is 6.54 Å². The number of aromatic amines is 1. The fourth-order valence-electron chi connectivity index (χ4n) is 1.40. The second kappa shape index (κ2) is 4.04. The summed E-state index contributed by atoms with van der Waals surface area (Å²) in [5.41, 5.74) is 9.76. The zero-order chi connectivity index (χ0) is 10.7. The molecule has 4 nitrogen and oxygen atoms in total. The normalized spacial score (nSPS) is 10.2. The van der Waals surface area contributed by atoms with Gasteiger partial charge in [0.05, 0.1) is 17.6 Å². The molecule has 2 aromatic rings. The van der Waals surface area contributed by atoms with E-state index < -0.39 is 0 Å². The molecule has 1 heterocycles. The molecule has 1 aromatic carbocycles. The molecule has 1 aromatic heterocycles. The van der Waals surface area contributed by atoms with Crippen LogP contribution in [0.5, 0.6) is 0 Å². The van der Waals surface area contributed by atoms with Gasteiger partial charge in [0.25, 0.3) is 0 Å². The smallest absolute Gasteiger partial charge is 0.0576 e. The lowest BCUT2D eigenvalue weighted by molar-refractivity contribution is 1.04. The standard InChI is InChI=1S/C11H14N4/c1-8-9(7-14-15-8)6-13-11-5-3-2-4-10(11)12/h2-5,7,13H,6,12H2,1H3,(H,14,15). The van der Waals surface area contributed by atoms with Gasteiger partial charge >= 0.3 is 0 Å². The van der Waals surface area contributed by atoms with Crippen LogP contribution < -0.4 is 11.1 Å². The Hall–Kier alpha value is -1.97. The minimum Gasteiger partial charge on any atom is -0.397 e. The molecular formula is C11H14N4. The van der Waals surface area contributed by atoms with E-state index in [0.29, 0.717) is 0 Å². The predicted molar refractivity (Wildman–Crippen MR) is 61.5 cm³/mol. The van der Waals surface area contributed by atoms with Gasteiger partial charge in [-0.1, -0.05) is 12.1 Å². The molecule has 2 rings (SSSR count). The van der Waals surface area contributed by atoms with Gasteiger partial charge in [-0.05, 0) is 19.1 Å². The third-order valence-corrected chi connectivity index (χ3v) is 2.36. The van der Waals surface area contributed by atoms with Gasteiger partial charge in [0.2, 0.25) is 0 Å². The highest BCUT2D eigenvalue weighted by Gasteiger charge is 2.01. The fourth-order valence-corrected chi connectivity index (χ4v) is 1.40. The monoisotopic (exact) mass is 202 g/mol. The molecule has 15 heavy (non-hydrogen) atoms. The lowest BCUT2D eigenvalue weighted by atomic mass is 10.2. The van der Waals surface area contributed by atoms with E-state index >= 15 is 0 Å². The fraction of sp³-hybridized carbons (Fsp3) is 0.182. The number of hydrogen-bond acceptors (Lipinski definition) is 3. The van der Waals surface area contributed by atoms with E-state index in [2.05, 4.69) is 15.5 Å². The molecule has 78 valence electrons. The zero-order valence-corrected chi connectivity index (χ0v) is 8.62. The summed E-state index contributed by atoms with van der Waals surface area (Å²) in [4.78, 5) is 0. The molecule has 0 aliphatic carbocycles. The van der Waals surface area contributed by atoms with Crippen LogP contribution in [0.3, 0.4) is 0 Å². The molecule has 0 fully saturated rings. The second-order valence-corrected chi connectivity index (χ2v) is 3.46. The van der Waals surface area contributed by atoms with Crippen molar-refractivity contribution in [2.24, 2.45) is 0 Å². The van der Waals surface area contributed by atoms with Gasteiger partial charge in [-0.3, -0.25) is 5.10 Å². The molecule has 0 amide bonds. The summed E-state index contributed by atoms with van der Waals surface area (Å²) in [5, 5.41) is 10.1. The van der Waals surface area contributed by atoms with E-state index in [1.165, 1.54) is 0 Å². The lowest BCUT2D eigenvalue weighted by Gasteiger charge is -2.07. The maximum Gasteiger partial charge on any atom is 0.0576 e. The van der Waals surface area contributed by atoms with Crippen LogP contribution >= 0.6 is 0 Å². The number of nitrogen functional groups attached to an aromatic ring is 1. The summed E-state index contributed by atoms with van der Waals surface area (Å²) in [7, 11) is 0. The number of aryl methyl sites for hydroxylation is 1. The second-order valence-electron chi connectivity index (χ2n) is 3.46. The van der Waals surface area contributed by atoms with Crippen LogP contribution in [0.25, 0.3) is 0 Å². The first kappa shape index (κ1) is 9.58. The molecule has 0 radical (unpaired) electrons. The Kier molecular flexibility index (Phi) is 2.58. The minimum atomic E-state index is 0.733. The number of benzene rings is 1. The first-order valence-electron chi connectivity index (χ1n) is 4.84. The van der Waals surface area contributed by atoms with Crippen LogP contribution in [0.1, 0.15) is 11.3 Å². The van der Waals surface area contributed by atoms with Gasteiger partial charge in [0, 0.05) is 17.8 Å². The van der Waals surface area contributed by atoms with Crippen molar-refractivity contribution in [2.45, 2.75) is 13.5 Å². The molecule has 0 spiro atoms. The largest absolute Gasteiger partial charge is 0.397 e. The minimum absolute atomic E-state index is 0.733. The Bertz CT molecular complexity index is 447. The summed E-state index contributed by atoms with van der Waals surface area (Å²) >= 11 is 0. The van der Waals surface area contributed by atoms with Crippen molar-refractivity contribution in [3.63, 3.8) is 0 Å². The van der Waals surface area contributed by atoms with E-state index in [1.807, 2.05) is 37.4 Å². The molecular weight excluding hydrogens is 188 g/mol. The Morgan fingerprint density at radius 1 is 1.40 bits per heavy atom. The number of para-hydroxylation sites is 2. The van der Waals surface area contributed by atoms with Crippen molar-refractivity contribution >= 4 is 11.4 Å². The van der Waals surface area contributed by atoms with Crippen molar-refractivity contribution in [2.75, 3.05) is 11.1 Å². The van der Waals surface area contributed by atoms with Crippen molar-refractivity contribution in [3.05, 3.63) is 41.7 Å². The van der Waals surface area contributed by atoms with Crippen molar-refractivity contribution in [1.82, 2.24) is 10.2 Å². The number of anilines is 2. The van der Waals surface area contributed by atoms with E-state index in [0.717, 1.165) is 29.2 Å². The SMILES string of the molecule is Cc1[nH]ncc1CNc1ccccc1N. The molecule has 4 heteroatoms. The van der Waals surface area contributed by atoms with E-state index in [-0.39, 0.29) is 0 Å². The molecule has 0 unspecified atom stereocenters. The summed E-state index contributed by atoms with van der Waals surface area (Å²) in [6.45, 7) is 2.73. The summed E-state index contributed by atoms with van der Waals surface area (Å²) in [6, 6.07) is 7.72. The Morgan fingerprint density at radius 2 is 2.20 bits per heavy atom. The van der Waals surface area contributed by atoms with Crippen LogP contribution in [0.4, 0.5) is 11.4 Å². The van der Waals surface area contributed by atoms with Crippen LogP contribution in [-0.4, -0.2) is 10.2 Å². The number of nitrogens with zero attached hydrogens (tertiary/aromatic N) is 1. The maximum atomic E-state index is 5.81. The Labute approximate surface area is 88.5 Å². The number of aromatic nitrogens is 2. The number of H-pyrrole nitrogens is 1. The van der Waals surface area contributed by atoms with Crippen LogP contribution in [0, 0.1) is 6.92 Å². The molecule has 0 aliphatic heterocycles. The highest BCUT2D eigenvalue weighted by molar-refractivity contribution is 5.65. The number of nitrogens with two attached hydrogens (primary N) is 1. The topological polar surface area (TPSA) is 66.7 Å². The van der Waals surface area contributed by atoms with Crippen LogP contribution in [0.15, 0.2) is 30.5 Å².